The van der Waals surface area contributed by atoms with Gasteiger partial charge in [0.2, 0.25) is 0 Å². The Labute approximate surface area is 97.1 Å². The minimum Gasteiger partial charge on any atom is -0.320 e. The highest BCUT2D eigenvalue weighted by Gasteiger charge is 2.23. The fourth-order valence-electron chi connectivity index (χ4n) is 1.48. The van der Waals surface area contributed by atoms with Gasteiger partial charge in [-0.05, 0) is 6.92 Å². The van der Waals surface area contributed by atoms with Crippen LogP contribution in [0.1, 0.15) is 6.92 Å². The number of nitrogens with zero attached hydrogens (tertiary/aromatic N) is 2. The van der Waals surface area contributed by atoms with Crippen molar-refractivity contribution in [1.29, 1.82) is 0 Å². The van der Waals surface area contributed by atoms with E-state index in [9.17, 15) is 4.79 Å². The van der Waals surface area contributed by atoms with Crippen molar-refractivity contribution >= 4 is 34.3 Å². The van der Waals surface area contributed by atoms with Crippen molar-refractivity contribution in [3.8, 4) is 0 Å². The van der Waals surface area contributed by atoms with Gasteiger partial charge in [-0.15, -0.1) is 11.3 Å². The maximum atomic E-state index is 11.8. The molecular weight excluding hydrogens is 230 g/mol. The highest BCUT2D eigenvalue weighted by Crippen LogP contribution is 2.18. The SMILES string of the molecule is C[C@H]1CSCCN1C(=O)Nc1nccs1. The second-order valence-corrected chi connectivity index (χ2v) is 5.43. The number of thiazole rings is 1. The zero-order chi connectivity index (χ0) is 10.7. The fraction of sp³-hybridized carbons (Fsp3) is 0.556. The number of aromatic nitrogens is 1. The van der Waals surface area contributed by atoms with Crippen molar-refractivity contribution in [3.05, 3.63) is 11.6 Å². The van der Waals surface area contributed by atoms with Crippen LogP contribution in [0, 0.1) is 0 Å². The van der Waals surface area contributed by atoms with Crippen molar-refractivity contribution in [3.63, 3.8) is 0 Å². The van der Waals surface area contributed by atoms with Gasteiger partial charge in [0, 0.05) is 35.7 Å². The van der Waals surface area contributed by atoms with Crippen LogP contribution in [0.3, 0.4) is 0 Å². The third-order valence-corrected chi connectivity index (χ3v) is 4.15. The summed E-state index contributed by atoms with van der Waals surface area (Å²) in [5.74, 6) is 2.04. The van der Waals surface area contributed by atoms with Crippen LogP contribution in [0.25, 0.3) is 0 Å². The van der Waals surface area contributed by atoms with Gasteiger partial charge in [-0.1, -0.05) is 0 Å². The van der Waals surface area contributed by atoms with E-state index in [4.69, 9.17) is 0 Å². The van der Waals surface area contributed by atoms with E-state index in [0.29, 0.717) is 11.2 Å². The Balaban J connectivity index is 1.95. The summed E-state index contributed by atoms with van der Waals surface area (Å²) in [7, 11) is 0. The summed E-state index contributed by atoms with van der Waals surface area (Å²) in [4.78, 5) is 17.8. The minimum absolute atomic E-state index is 0.0299. The number of thioether (sulfide) groups is 1. The van der Waals surface area contributed by atoms with Gasteiger partial charge in [0.25, 0.3) is 0 Å². The highest BCUT2D eigenvalue weighted by molar-refractivity contribution is 7.99. The molecule has 1 aliphatic rings. The molecule has 1 aromatic heterocycles. The first-order valence-electron chi connectivity index (χ1n) is 4.82. The van der Waals surface area contributed by atoms with Gasteiger partial charge in [0.1, 0.15) is 0 Å². The number of carbonyl (C=O) groups excluding carboxylic acids is 1. The minimum atomic E-state index is -0.0299. The van der Waals surface area contributed by atoms with E-state index >= 15 is 0 Å². The van der Waals surface area contributed by atoms with Gasteiger partial charge in [0.05, 0.1) is 0 Å². The lowest BCUT2D eigenvalue weighted by Crippen LogP contribution is -2.46. The summed E-state index contributed by atoms with van der Waals surface area (Å²) in [6.45, 7) is 2.90. The number of rotatable bonds is 1. The molecule has 2 amide bonds. The first kappa shape index (κ1) is 10.8. The van der Waals surface area contributed by atoms with Gasteiger partial charge in [-0.25, -0.2) is 9.78 Å². The molecule has 0 spiro atoms. The monoisotopic (exact) mass is 243 g/mol. The van der Waals surface area contributed by atoms with Gasteiger partial charge < -0.3 is 4.90 Å². The van der Waals surface area contributed by atoms with E-state index in [1.807, 2.05) is 22.0 Å². The lowest BCUT2D eigenvalue weighted by Gasteiger charge is -2.32. The Morgan fingerprint density at radius 3 is 3.27 bits per heavy atom. The molecule has 0 aromatic carbocycles. The quantitative estimate of drug-likeness (QED) is 0.821. The van der Waals surface area contributed by atoms with E-state index in [2.05, 4.69) is 17.2 Å². The first-order valence-corrected chi connectivity index (χ1v) is 6.85. The summed E-state index contributed by atoms with van der Waals surface area (Å²) in [5, 5.41) is 5.33. The molecule has 2 heterocycles. The Morgan fingerprint density at radius 1 is 1.73 bits per heavy atom. The first-order chi connectivity index (χ1) is 7.27. The van der Waals surface area contributed by atoms with Crippen LogP contribution in [0.2, 0.25) is 0 Å². The number of carbonyl (C=O) groups is 1. The Kier molecular flexibility index (Phi) is 3.48. The molecule has 1 aromatic rings. The molecule has 1 fully saturated rings. The van der Waals surface area contributed by atoms with Crippen LogP contribution in [0.4, 0.5) is 9.93 Å². The van der Waals surface area contributed by atoms with Crippen molar-refractivity contribution in [2.24, 2.45) is 0 Å². The molecule has 0 bridgehead atoms. The molecule has 2 rings (SSSR count). The summed E-state index contributed by atoms with van der Waals surface area (Å²) in [6.07, 6.45) is 1.69. The third kappa shape index (κ3) is 2.63. The summed E-state index contributed by atoms with van der Waals surface area (Å²) < 4.78 is 0. The molecule has 6 heteroatoms. The highest BCUT2D eigenvalue weighted by atomic mass is 32.2. The van der Waals surface area contributed by atoms with Crippen LogP contribution in [-0.2, 0) is 0 Å². The number of hydrogen-bond acceptors (Lipinski definition) is 4. The molecule has 1 saturated heterocycles. The number of nitrogens with one attached hydrogen (secondary N) is 1. The van der Waals surface area contributed by atoms with Crippen molar-refractivity contribution in [2.75, 3.05) is 23.4 Å². The normalized spacial score (nSPS) is 21.4. The topological polar surface area (TPSA) is 45.2 Å². The summed E-state index contributed by atoms with van der Waals surface area (Å²) in [6, 6.07) is 0.279. The van der Waals surface area contributed by atoms with Crippen molar-refractivity contribution in [1.82, 2.24) is 9.88 Å². The van der Waals surface area contributed by atoms with E-state index < -0.39 is 0 Å². The average Bonchev–Trinajstić information content (AvgIpc) is 2.71. The van der Waals surface area contributed by atoms with E-state index in [0.717, 1.165) is 18.1 Å². The predicted octanol–water partition coefficient (Wildman–Crippen LogP) is 2.11. The number of hydrogen-bond donors (Lipinski definition) is 1. The zero-order valence-electron chi connectivity index (χ0n) is 8.47. The standard InChI is InChI=1S/C9H13N3OS2/c1-7-6-14-5-3-12(7)9(13)11-8-10-2-4-15-8/h2,4,7H,3,5-6H2,1H3,(H,10,11,13)/t7-/m0/s1. The molecule has 0 radical (unpaired) electrons. The lowest BCUT2D eigenvalue weighted by atomic mass is 10.3. The summed E-state index contributed by atoms with van der Waals surface area (Å²) >= 11 is 3.34. The number of urea groups is 1. The van der Waals surface area contributed by atoms with Gasteiger partial charge >= 0.3 is 6.03 Å². The molecule has 1 aliphatic heterocycles. The van der Waals surface area contributed by atoms with Crippen LogP contribution < -0.4 is 5.32 Å². The molecule has 1 N–H and O–H groups in total. The largest absolute Gasteiger partial charge is 0.323 e. The van der Waals surface area contributed by atoms with Gasteiger partial charge in [0.15, 0.2) is 5.13 Å². The van der Waals surface area contributed by atoms with Crippen LogP contribution >= 0.6 is 23.1 Å². The van der Waals surface area contributed by atoms with E-state index in [1.165, 1.54) is 11.3 Å². The summed E-state index contributed by atoms with van der Waals surface area (Å²) in [5.41, 5.74) is 0. The molecule has 15 heavy (non-hydrogen) atoms. The second kappa shape index (κ2) is 4.85. The van der Waals surface area contributed by atoms with Crippen molar-refractivity contribution < 1.29 is 4.79 Å². The maximum absolute atomic E-state index is 11.8. The molecule has 0 unspecified atom stereocenters. The molecule has 1 atom stereocenters. The van der Waals surface area contributed by atoms with Crippen LogP contribution in [0.5, 0.6) is 0 Å². The lowest BCUT2D eigenvalue weighted by molar-refractivity contribution is 0.200. The Hall–Kier alpha value is -0.750. The third-order valence-electron chi connectivity index (χ3n) is 2.27. The van der Waals surface area contributed by atoms with E-state index in [1.54, 1.807) is 6.20 Å². The molecular formula is C9H13N3OS2. The maximum Gasteiger partial charge on any atom is 0.323 e. The van der Waals surface area contributed by atoms with Crippen LogP contribution in [-0.4, -0.2) is 40.0 Å². The average molecular weight is 243 g/mol. The van der Waals surface area contributed by atoms with Crippen LogP contribution in [0.15, 0.2) is 11.6 Å². The second-order valence-electron chi connectivity index (χ2n) is 3.38. The van der Waals surface area contributed by atoms with Gasteiger partial charge in [-0.3, -0.25) is 5.32 Å². The molecule has 0 aliphatic carbocycles. The fourth-order valence-corrected chi connectivity index (χ4v) is 3.01. The zero-order valence-corrected chi connectivity index (χ0v) is 10.1. The molecule has 4 nitrogen and oxygen atoms in total. The predicted molar refractivity (Wildman–Crippen MR) is 64.6 cm³/mol. The molecule has 82 valence electrons. The Bertz CT molecular complexity index is 328. The van der Waals surface area contributed by atoms with Crippen molar-refractivity contribution in [2.45, 2.75) is 13.0 Å². The van der Waals surface area contributed by atoms with Gasteiger partial charge in [-0.2, -0.15) is 11.8 Å². The smallest absolute Gasteiger partial charge is 0.320 e. The molecule has 0 saturated carbocycles. The van der Waals surface area contributed by atoms with E-state index in [-0.39, 0.29) is 6.03 Å². The number of amides is 2. The number of anilines is 1. The Morgan fingerprint density at radius 2 is 2.60 bits per heavy atom.